The number of aryl methyl sites for hydroxylation is 1. The molecule has 1 N–H and O–H groups in total. The normalized spacial score (nSPS) is 11.5. The van der Waals surface area contributed by atoms with Crippen molar-refractivity contribution in [3.05, 3.63) is 42.1 Å². The Morgan fingerprint density at radius 1 is 1.30 bits per heavy atom. The van der Waals surface area contributed by atoms with E-state index in [9.17, 15) is 13.2 Å². The van der Waals surface area contributed by atoms with Crippen molar-refractivity contribution in [3.63, 3.8) is 0 Å². The first-order valence-electron chi connectivity index (χ1n) is 6.38. The van der Waals surface area contributed by atoms with Gasteiger partial charge >= 0.3 is 5.97 Å². The summed E-state index contributed by atoms with van der Waals surface area (Å²) in [5.74, 6) is -0.565. The van der Waals surface area contributed by atoms with Crippen LogP contribution in [0.15, 0.2) is 41.4 Å². The van der Waals surface area contributed by atoms with Crippen molar-refractivity contribution in [1.29, 1.82) is 0 Å². The van der Waals surface area contributed by atoms with Crippen LogP contribution in [-0.4, -0.2) is 21.0 Å². The minimum Gasteiger partial charge on any atom is -0.462 e. The third kappa shape index (κ3) is 5.44. The van der Waals surface area contributed by atoms with Gasteiger partial charge in [-0.2, -0.15) is 0 Å². The van der Waals surface area contributed by atoms with E-state index in [1.54, 1.807) is 12.1 Å². The second kappa shape index (κ2) is 7.69. The summed E-state index contributed by atoms with van der Waals surface area (Å²) in [6, 6.07) is 6.42. The van der Waals surface area contributed by atoms with Gasteiger partial charge in [0.25, 0.3) is 10.0 Å². The maximum absolute atomic E-state index is 11.9. The van der Waals surface area contributed by atoms with Gasteiger partial charge in [0.05, 0.1) is 11.5 Å². The lowest BCUT2D eigenvalue weighted by Crippen LogP contribution is -2.18. The molecule has 0 atom stereocenters. The van der Waals surface area contributed by atoms with Gasteiger partial charge in [-0.3, -0.25) is 4.72 Å². The molecule has 1 rings (SSSR count). The molecule has 1 aromatic rings. The van der Waals surface area contributed by atoms with Crippen LogP contribution in [0.4, 0.5) is 0 Å². The zero-order chi connectivity index (χ0) is 15.0. The third-order valence-electron chi connectivity index (χ3n) is 2.52. The minimum absolute atomic E-state index is 0.145. The molecule has 6 heteroatoms. The fourth-order valence-electron chi connectivity index (χ4n) is 1.34. The fourth-order valence-corrected chi connectivity index (χ4v) is 2.22. The second-order valence-corrected chi connectivity index (χ2v) is 6.00. The van der Waals surface area contributed by atoms with Crippen molar-refractivity contribution in [2.45, 2.75) is 31.6 Å². The number of carbonyl (C=O) groups is 1. The predicted octanol–water partition coefficient (Wildman–Crippen LogP) is 2.13. The van der Waals surface area contributed by atoms with Gasteiger partial charge in [0.1, 0.15) is 0 Å². The monoisotopic (exact) mass is 297 g/mol. The average Bonchev–Trinajstić information content (AvgIpc) is 2.39. The first kappa shape index (κ1) is 16.2. The molecule has 0 aliphatic rings. The molecule has 0 aromatic heterocycles. The molecule has 1 aromatic carbocycles. The number of esters is 1. The third-order valence-corrected chi connectivity index (χ3v) is 3.86. The SMILES string of the molecule is CCCCOC(=O)/C=C/NS(=O)(=O)c1ccc(C)cc1. The van der Waals surface area contributed by atoms with Crippen molar-refractivity contribution in [1.82, 2.24) is 4.72 Å². The van der Waals surface area contributed by atoms with Crippen LogP contribution >= 0.6 is 0 Å². The number of benzene rings is 1. The van der Waals surface area contributed by atoms with E-state index < -0.39 is 16.0 Å². The van der Waals surface area contributed by atoms with Crippen LogP contribution in [0, 0.1) is 6.92 Å². The van der Waals surface area contributed by atoms with Crippen LogP contribution in [0.3, 0.4) is 0 Å². The summed E-state index contributed by atoms with van der Waals surface area (Å²) in [6.07, 6.45) is 3.84. The molecule has 20 heavy (non-hydrogen) atoms. The number of sulfonamides is 1. The molecule has 5 nitrogen and oxygen atoms in total. The Morgan fingerprint density at radius 3 is 2.55 bits per heavy atom. The van der Waals surface area contributed by atoms with Crippen LogP contribution in [0.5, 0.6) is 0 Å². The Hall–Kier alpha value is -1.82. The number of unbranched alkanes of at least 4 members (excludes halogenated alkanes) is 1. The Bertz CT molecular complexity index is 561. The van der Waals surface area contributed by atoms with E-state index in [1.165, 1.54) is 12.1 Å². The van der Waals surface area contributed by atoms with Gasteiger partial charge in [0.2, 0.25) is 0 Å². The Labute approximate surface area is 119 Å². The number of rotatable bonds is 7. The zero-order valence-corrected chi connectivity index (χ0v) is 12.4. The molecule has 0 saturated carbocycles. The predicted molar refractivity (Wildman–Crippen MR) is 76.5 cm³/mol. The quantitative estimate of drug-likeness (QED) is 0.475. The summed E-state index contributed by atoms with van der Waals surface area (Å²) in [6.45, 7) is 4.19. The van der Waals surface area contributed by atoms with Gasteiger partial charge in [0.15, 0.2) is 0 Å². The van der Waals surface area contributed by atoms with Crippen LogP contribution in [0.1, 0.15) is 25.3 Å². The second-order valence-electron chi connectivity index (χ2n) is 4.29. The van der Waals surface area contributed by atoms with E-state index in [4.69, 9.17) is 4.74 Å². The largest absolute Gasteiger partial charge is 0.462 e. The van der Waals surface area contributed by atoms with Gasteiger partial charge in [-0.25, -0.2) is 13.2 Å². The van der Waals surface area contributed by atoms with Crippen LogP contribution in [-0.2, 0) is 19.6 Å². The lowest BCUT2D eigenvalue weighted by atomic mass is 10.2. The van der Waals surface area contributed by atoms with Gasteiger partial charge < -0.3 is 4.74 Å². The lowest BCUT2D eigenvalue weighted by Gasteiger charge is -2.04. The first-order chi connectivity index (χ1) is 9.45. The van der Waals surface area contributed by atoms with Crippen molar-refractivity contribution in [2.75, 3.05) is 6.61 Å². The molecule has 0 radical (unpaired) electrons. The molecular formula is C14H19NO4S. The van der Waals surface area contributed by atoms with Crippen LogP contribution in [0.25, 0.3) is 0 Å². The molecule has 0 aliphatic heterocycles. The molecule has 0 bridgehead atoms. The van der Waals surface area contributed by atoms with Gasteiger partial charge in [0, 0.05) is 12.3 Å². The summed E-state index contributed by atoms with van der Waals surface area (Å²) in [4.78, 5) is 11.4. The zero-order valence-electron chi connectivity index (χ0n) is 11.6. The highest BCUT2D eigenvalue weighted by atomic mass is 32.2. The van der Waals surface area contributed by atoms with E-state index in [2.05, 4.69) is 4.72 Å². The highest BCUT2D eigenvalue weighted by Crippen LogP contribution is 2.09. The van der Waals surface area contributed by atoms with E-state index in [1.807, 2.05) is 13.8 Å². The first-order valence-corrected chi connectivity index (χ1v) is 7.86. The number of hydrogen-bond donors (Lipinski definition) is 1. The average molecular weight is 297 g/mol. The molecule has 110 valence electrons. The van der Waals surface area contributed by atoms with E-state index in [0.717, 1.165) is 30.7 Å². The van der Waals surface area contributed by atoms with Gasteiger partial charge in [-0.1, -0.05) is 31.0 Å². The highest BCUT2D eigenvalue weighted by Gasteiger charge is 2.11. The maximum atomic E-state index is 11.9. The molecule has 0 unspecified atom stereocenters. The Morgan fingerprint density at radius 2 is 1.95 bits per heavy atom. The van der Waals surface area contributed by atoms with E-state index >= 15 is 0 Å². The minimum atomic E-state index is -3.64. The molecule has 0 fully saturated rings. The van der Waals surface area contributed by atoms with Crippen molar-refractivity contribution < 1.29 is 17.9 Å². The van der Waals surface area contributed by atoms with E-state index in [-0.39, 0.29) is 4.90 Å². The summed E-state index contributed by atoms with van der Waals surface area (Å²) in [5, 5.41) is 0. The number of hydrogen-bond acceptors (Lipinski definition) is 4. The topological polar surface area (TPSA) is 72.5 Å². The lowest BCUT2D eigenvalue weighted by molar-refractivity contribution is -0.137. The van der Waals surface area contributed by atoms with Gasteiger partial charge in [-0.05, 0) is 25.5 Å². The molecule has 0 amide bonds. The summed E-state index contributed by atoms with van der Waals surface area (Å²) < 4.78 is 30.8. The molecule has 0 spiro atoms. The van der Waals surface area contributed by atoms with Crippen molar-refractivity contribution in [2.24, 2.45) is 0 Å². The Balaban J connectivity index is 2.55. The van der Waals surface area contributed by atoms with Crippen molar-refractivity contribution >= 4 is 16.0 Å². The molecule has 0 heterocycles. The summed E-state index contributed by atoms with van der Waals surface area (Å²) in [7, 11) is -3.64. The molecule has 0 saturated heterocycles. The number of nitrogens with one attached hydrogen (secondary N) is 1. The maximum Gasteiger partial charge on any atom is 0.332 e. The van der Waals surface area contributed by atoms with E-state index in [0.29, 0.717) is 6.61 Å². The highest BCUT2D eigenvalue weighted by molar-refractivity contribution is 7.89. The van der Waals surface area contributed by atoms with Crippen LogP contribution < -0.4 is 4.72 Å². The fraction of sp³-hybridized carbons (Fsp3) is 0.357. The standard InChI is InChI=1S/C14H19NO4S/c1-3-4-11-19-14(16)9-10-15-20(17,18)13-7-5-12(2)6-8-13/h5-10,15H,3-4,11H2,1-2H3/b10-9+. The number of carbonyl (C=O) groups excluding carboxylic acids is 1. The smallest absolute Gasteiger partial charge is 0.332 e. The number of ether oxygens (including phenoxy) is 1. The van der Waals surface area contributed by atoms with Crippen molar-refractivity contribution in [3.8, 4) is 0 Å². The van der Waals surface area contributed by atoms with Crippen LogP contribution in [0.2, 0.25) is 0 Å². The van der Waals surface area contributed by atoms with Gasteiger partial charge in [-0.15, -0.1) is 0 Å². The Kier molecular flexibility index (Phi) is 6.24. The summed E-state index contributed by atoms with van der Waals surface area (Å²) >= 11 is 0. The summed E-state index contributed by atoms with van der Waals surface area (Å²) in [5.41, 5.74) is 0.971. The molecule has 0 aliphatic carbocycles. The molecular weight excluding hydrogens is 278 g/mol.